The van der Waals surface area contributed by atoms with E-state index in [2.05, 4.69) is 10.3 Å². The molecule has 74 valence electrons. The van der Waals surface area contributed by atoms with Gasteiger partial charge in [0.2, 0.25) is 0 Å². The van der Waals surface area contributed by atoms with E-state index in [1.54, 1.807) is 0 Å². The van der Waals surface area contributed by atoms with Crippen molar-refractivity contribution in [1.82, 2.24) is 15.0 Å². The van der Waals surface area contributed by atoms with E-state index in [-0.39, 0.29) is 0 Å². The molecule has 0 aromatic carbocycles. The van der Waals surface area contributed by atoms with Crippen LogP contribution in [0.25, 0.3) is 0 Å². The van der Waals surface area contributed by atoms with Crippen molar-refractivity contribution in [3.8, 4) is 0 Å². The Hall–Kier alpha value is -1.11. The zero-order valence-corrected chi connectivity index (χ0v) is 6.57. The highest BCUT2D eigenvalue weighted by molar-refractivity contribution is 4.77. The minimum atomic E-state index is -4.41. The first-order valence-electron chi connectivity index (χ1n) is 3.59. The van der Waals surface area contributed by atoms with Crippen LogP contribution in [0.4, 0.5) is 13.2 Å². The number of halogens is 3. The molecule has 0 bridgehead atoms. The molecule has 1 atom stereocenters. The van der Waals surface area contributed by atoms with Crippen molar-refractivity contribution in [1.29, 1.82) is 0 Å². The highest BCUT2D eigenvalue weighted by Gasteiger charge is 2.41. The van der Waals surface area contributed by atoms with Crippen LogP contribution < -0.4 is 0 Å². The van der Waals surface area contributed by atoms with Gasteiger partial charge >= 0.3 is 6.18 Å². The van der Waals surface area contributed by atoms with Gasteiger partial charge in [-0.15, -0.1) is 5.10 Å². The van der Waals surface area contributed by atoms with E-state index in [0.717, 1.165) is 12.4 Å². The van der Waals surface area contributed by atoms with Crippen molar-refractivity contribution in [2.24, 2.45) is 0 Å². The van der Waals surface area contributed by atoms with Gasteiger partial charge in [-0.3, -0.25) is 0 Å². The lowest BCUT2D eigenvalue weighted by atomic mass is 10.2. The molecule has 1 aromatic heterocycles. The first-order valence-corrected chi connectivity index (χ1v) is 3.59. The van der Waals surface area contributed by atoms with Crippen LogP contribution in [0.5, 0.6) is 0 Å². The van der Waals surface area contributed by atoms with Gasteiger partial charge in [-0.25, -0.2) is 4.68 Å². The molecule has 1 heterocycles. The molecule has 0 aliphatic heterocycles. The van der Waals surface area contributed by atoms with Crippen LogP contribution in [0.1, 0.15) is 12.5 Å². The number of hydrogen-bond acceptors (Lipinski definition) is 3. The summed E-state index contributed by atoms with van der Waals surface area (Å²) in [5.74, 6) is 0. The van der Waals surface area contributed by atoms with Crippen molar-refractivity contribution in [2.45, 2.75) is 18.6 Å². The molecule has 1 N–H and O–H groups in total. The Morgan fingerprint density at radius 3 is 2.54 bits per heavy atom. The van der Waals surface area contributed by atoms with Crippen molar-refractivity contribution >= 4 is 0 Å². The lowest BCUT2D eigenvalue weighted by Crippen LogP contribution is -2.28. The van der Waals surface area contributed by atoms with E-state index in [0.29, 0.717) is 4.68 Å². The van der Waals surface area contributed by atoms with Crippen LogP contribution in [0, 0.1) is 0 Å². The van der Waals surface area contributed by atoms with Crippen LogP contribution in [-0.2, 0) is 0 Å². The van der Waals surface area contributed by atoms with Crippen LogP contribution in [0.15, 0.2) is 12.4 Å². The Labute approximate surface area is 72.0 Å². The Morgan fingerprint density at radius 1 is 1.46 bits per heavy atom. The molecule has 0 amide bonds. The molecule has 13 heavy (non-hydrogen) atoms. The largest absolute Gasteiger partial charge is 0.410 e. The van der Waals surface area contributed by atoms with E-state index >= 15 is 0 Å². The number of alkyl halides is 3. The maximum absolute atomic E-state index is 12.3. The maximum Gasteiger partial charge on any atom is 0.410 e. The van der Waals surface area contributed by atoms with Gasteiger partial charge in [-0.2, -0.15) is 13.2 Å². The SMILES string of the molecule is OCCC(n1ccnn1)C(F)(F)F. The summed E-state index contributed by atoms with van der Waals surface area (Å²) in [6.07, 6.45) is -2.53. The fourth-order valence-electron chi connectivity index (χ4n) is 0.952. The van der Waals surface area contributed by atoms with Gasteiger partial charge in [0.05, 0.1) is 6.20 Å². The smallest absolute Gasteiger partial charge is 0.396 e. The average molecular weight is 195 g/mol. The minimum absolute atomic E-state index is 0.410. The molecule has 0 radical (unpaired) electrons. The molecule has 4 nitrogen and oxygen atoms in total. The normalized spacial score (nSPS) is 14.5. The van der Waals surface area contributed by atoms with Crippen LogP contribution in [-0.4, -0.2) is 32.9 Å². The highest BCUT2D eigenvalue weighted by atomic mass is 19.4. The van der Waals surface area contributed by atoms with Crippen molar-refractivity contribution in [2.75, 3.05) is 6.61 Å². The Morgan fingerprint density at radius 2 is 2.15 bits per heavy atom. The lowest BCUT2D eigenvalue weighted by Gasteiger charge is -2.18. The first-order chi connectivity index (χ1) is 6.05. The molecule has 7 heteroatoms. The second-order valence-electron chi connectivity index (χ2n) is 2.45. The predicted molar refractivity (Wildman–Crippen MR) is 36.8 cm³/mol. The summed E-state index contributed by atoms with van der Waals surface area (Å²) in [7, 11) is 0. The molecule has 1 rings (SSSR count). The molecular formula is C6H8F3N3O. The quantitative estimate of drug-likeness (QED) is 0.774. The van der Waals surface area contributed by atoms with E-state index in [9.17, 15) is 13.2 Å². The second kappa shape index (κ2) is 3.73. The second-order valence-corrected chi connectivity index (χ2v) is 2.45. The van der Waals surface area contributed by atoms with Gasteiger partial charge in [0.25, 0.3) is 0 Å². The standard InChI is InChI=1S/C6H8F3N3O/c7-6(8,9)5(1-4-13)12-3-2-10-11-12/h2-3,5,13H,1,4H2. The summed E-state index contributed by atoms with van der Waals surface area (Å²) in [4.78, 5) is 0. The molecule has 0 aliphatic rings. The summed E-state index contributed by atoms with van der Waals surface area (Å²) in [5.41, 5.74) is 0. The van der Waals surface area contributed by atoms with Gasteiger partial charge in [0.1, 0.15) is 0 Å². The van der Waals surface area contributed by atoms with Gasteiger partial charge in [-0.05, 0) is 0 Å². The summed E-state index contributed by atoms with van der Waals surface area (Å²) in [6.45, 7) is -0.538. The fraction of sp³-hybridized carbons (Fsp3) is 0.667. The van der Waals surface area contributed by atoms with Crippen molar-refractivity contribution in [3.05, 3.63) is 12.4 Å². The van der Waals surface area contributed by atoms with E-state index in [1.807, 2.05) is 0 Å². The van der Waals surface area contributed by atoms with Crippen molar-refractivity contribution < 1.29 is 18.3 Å². The molecular weight excluding hydrogens is 187 g/mol. The zero-order chi connectivity index (χ0) is 9.90. The van der Waals surface area contributed by atoms with E-state index in [1.165, 1.54) is 0 Å². The van der Waals surface area contributed by atoms with Gasteiger partial charge < -0.3 is 5.11 Å². The Balaban J connectivity index is 2.81. The number of hydrogen-bond donors (Lipinski definition) is 1. The van der Waals surface area contributed by atoms with Gasteiger partial charge in [0.15, 0.2) is 6.04 Å². The van der Waals surface area contributed by atoms with E-state index in [4.69, 9.17) is 5.11 Å². The average Bonchev–Trinajstić information content (AvgIpc) is 2.49. The molecule has 0 saturated heterocycles. The molecule has 0 spiro atoms. The third-order valence-corrected chi connectivity index (χ3v) is 1.54. The topological polar surface area (TPSA) is 50.9 Å². The predicted octanol–water partition coefficient (Wildman–Crippen LogP) is 0.764. The summed E-state index contributed by atoms with van der Waals surface area (Å²) >= 11 is 0. The molecule has 0 saturated carbocycles. The summed E-state index contributed by atoms with van der Waals surface area (Å²) in [6, 6.07) is -1.79. The lowest BCUT2D eigenvalue weighted by molar-refractivity contribution is -0.174. The minimum Gasteiger partial charge on any atom is -0.396 e. The molecule has 0 fully saturated rings. The summed E-state index contributed by atoms with van der Waals surface area (Å²) in [5, 5.41) is 14.9. The highest BCUT2D eigenvalue weighted by Crippen LogP contribution is 2.31. The first kappa shape index (κ1) is 9.97. The summed E-state index contributed by atoms with van der Waals surface area (Å²) < 4.78 is 37.5. The van der Waals surface area contributed by atoms with E-state index < -0.39 is 25.2 Å². The Bertz CT molecular complexity index is 246. The third kappa shape index (κ3) is 2.41. The molecule has 1 unspecified atom stereocenters. The number of nitrogens with zero attached hydrogens (tertiary/aromatic N) is 3. The third-order valence-electron chi connectivity index (χ3n) is 1.54. The van der Waals surface area contributed by atoms with Crippen LogP contribution in [0.2, 0.25) is 0 Å². The Kier molecular flexibility index (Phi) is 2.86. The van der Waals surface area contributed by atoms with Gasteiger partial charge in [-0.1, -0.05) is 5.21 Å². The number of aliphatic hydroxyl groups is 1. The van der Waals surface area contributed by atoms with Crippen LogP contribution >= 0.6 is 0 Å². The monoisotopic (exact) mass is 195 g/mol. The number of aliphatic hydroxyl groups excluding tert-OH is 1. The molecule has 1 aromatic rings. The zero-order valence-electron chi connectivity index (χ0n) is 6.57. The molecule has 0 aliphatic carbocycles. The van der Waals surface area contributed by atoms with Crippen molar-refractivity contribution in [3.63, 3.8) is 0 Å². The van der Waals surface area contributed by atoms with Gasteiger partial charge in [0, 0.05) is 19.2 Å². The van der Waals surface area contributed by atoms with Crippen LogP contribution in [0.3, 0.4) is 0 Å². The number of rotatable bonds is 3. The number of aromatic nitrogens is 3. The maximum atomic E-state index is 12.3. The fourth-order valence-corrected chi connectivity index (χ4v) is 0.952.